The molecule has 1 rings (SSSR count). The van der Waals surface area contributed by atoms with Crippen molar-refractivity contribution in [3.05, 3.63) is 24.3 Å². The summed E-state index contributed by atoms with van der Waals surface area (Å²) in [5.74, 6) is 3.16. The van der Waals surface area contributed by atoms with Crippen LogP contribution >= 0.6 is 11.8 Å². The number of aliphatic hydroxyl groups excluding tert-OH is 1. The number of rotatable bonds is 7. The number of ether oxygens (including phenoxy) is 2. The van der Waals surface area contributed by atoms with E-state index in [9.17, 15) is 0 Å². The number of para-hydroxylation sites is 2. The van der Waals surface area contributed by atoms with Crippen molar-refractivity contribution in [1.82, 2.24) is 0 Å². The molecule has 0 fully saturated rings. The lowest BCUT2D eigenvalue weighted by atomic mass is 10.3. The van der Waals surface area contributed by atoms with E-state index >= 15 is 0 Å². The van der Waals surface area contributed by atoms with Crippen molar-refractivity contribution in [2.24, 2.45) is 0 Å². The lowest BCUT2D eigenvalue weighted by molar-refractivity contribution is 0.312. The van der Waals surface area contributed by atoms with Gasteiger partial charge < -0.3 is 14.6 Å². The normalized spacial score (nSPS) is 10.0. The summed E-state index contributed by atoms with van der Waals surface area (Å²) >= 11 is 1.67. The summed E-state index contributed by atoms with van der Waals surface area (Å²) in [4.78, 5) is 0. The maximum absolute atomic E-state index is 8.58. The highest BCUT2D eigenvalue weighted by molar-refractivity contribution is 7.99. The summed E-state index contributed by atoms with van der Waals surface area (Å²) in [6.45, 7) is 0.852. The molecule has 0 atom stereocenters. The van der Waals surface area contributed by atoms with Crippen LogP contribution in [0.1, 0.15) is 0 Å². The number of methoxy groups -OCH3 is 1. The molecule has 0 bridgehead atoms. The molecule has 0 aliphatic heterocycles. The van der Waals surface area contributed by atoms with E-state index in [0.717, 1.165) is 23.0 Å². The molecule has 0 amide bonds. The number of aliphatic hydroxyl groups is 1. The molecule has 0 unspecified atom stereocenters. The number of benzene rings is 1. The quantitative estimate of drug-likeness (QED) is 0.722. The van der Waals surface area contributed by atoms with Crippen LogP contribution in [0.5, 0.6) is 11.5 Å². The van der Waals surface area contributed by atoms with Crippen LogP contribution in [-0.2, 0) is 0 Å². The topological polar surface area (TPSA) is 38.7 Å². The first-order chi connectivity index (χ1) is 7.38. The van der Waals surface area contributed by atoms with E-state index in [1.54, 1.807) is 18.9 Å². The van der Waals surface area contributed by atoms with Crippen molar-refractivity contribution in [2.75, 3.05) is 31.8 Å². The van der Waals surface area contributed by atoms with Crippen molar-refractivity contribution in [3.8, 4) is 11.5 Å². The molecule has 0 saturated heterocycles. The van der Waals surface area contributed by atoms with Crippen molar-refractivity contribution in [1.29, 1.82) is 0 Å². The summed E-state index contributed by atoms with van der Waals surface area (Å²) in [6.07, 6.45) is 0. The molecule has 4 heteroatoms. The fourth-order valence-electron chi connectivity index (χ4n) is 1.12. The Morgan fingerprint density at radius 3 is 2.60 bits per heavy atom. The Morgan fingerprint density at radius 1 is 1.20 bits per heavy atom. The van der Waals surface area contributed by atoms with Gasteiger partial charge in [-0.1, -0.05) is 12.1 Å². The molecular formula is C11H16O3S. The third-order valence-corrected chi connectivity index (χ3v) is 2.72. The Bertz CT molecular complexity index is 278. The Kier molecular flexibility index (Phi) is 6.04. The van der Waals surface area contributed by atoms with Crippen LogP contribution in [0, 0.1) is 0 Å². The summed E-state index contributed by atoms with van der Waals surface area (Å²) in [6, 6.07) is 7.58. The van der Waals surface area contributed by atoms with Gasteiger partial charge in [-0.25, -0.2) is 0 Å². The Morgan fingerprint density at radius 2 is 1.93 bits per heavy atom. The van der Waals surface area contributed by atoms with Crippen LogP contribution in [-0.4, -0.2) is 36.9 Å². The van der Waals surface area contributed by atoms with Crippen LogP contribution in [0.15, 0.2) is 24.3 Å². The average molecular weight is 228 g/mol. The van der Waals surface area contributed by atoms with E-state index in [2.05, 4.69) is 0 Å². The third kappa shape index (κ3) is 4.44. The van der Waals surface area contributed by atoms with Gasteiger partial charge in [0.15, 0.2) is 11.5 Å². The molecule has 0 aliphatic carbocycles. The summed E-state index contributed by atoms with van der Waals surface area (Å²) in [7, 11) is 1.63. The SMILES string of the molecule is COc1ccccc1OCCSCCO. The van der Waals surface area contributed by atoms with E-state index in [0.29, 0.717) is 6.61 Å². The van der Waals surface area contributed by atoms with Gasteiger partial charge in [0.1, 0.15) is 0 Å². The van der Waals surface area contributed by atoms with Gasteiger partial charge in [-0.3, -0.25) is 0 Å². The largest absolute Gasteiger partial charge is 0.493 e. The lowest BCUT2D eigenvalue weighted by Crippen LogP contribution is -2.02. The molecule has 1 aromatic carbocycles. The highest BCUT2D eigenvalue weighted by Crippen LogP contribution is 2.25. The van der Waals surface area contributed by atoms with Crippen molar-refractivity contribution >= 4 is 11.8 Å². The van der Waals surface area contributed by atoms with Gasteiger partial charge in [-0.05, 0) is 12.1 Å². The molecule has 0 heterocycles. The predicted octanol–water partition coefficient (Wildman–Crippen LogP) is 1.80. The van der Waals surface area contributed by atoms with Gasteiger partial charge in [0.05, 0.1) is 20.3 Å². The van der Waals surface area contributed by atoms with Crippen molar-refractivity contribution < 1.29 is 14.6 Å². The Hall–Kier alpha value is -0.870. The second-order valence-corrected chi connectivity index (χ2v) is 4.06. The molecule has 3 nitrogen and oxygen atoms in total. The molecule has 0 radical (unpaired) electrons. The maximum atomic E-state index is 8.58. The van der Waals surface area contributed by atoms with E-state index in [1.165, 1.54) is 0 Å². The Balaban J connectivity index is 2.30. The van der Waals surface area contributed by atoms with E-state index in [4.69, 9.17) is 14.6 Å². The van der Waals surface area contributed by atoms with E-state index < -0.39 is 0 Å². The second kappa shape index (κ2) is 7.43. The molecule has 1 N–H and O–H groups in total. The summed E-state index contributed by atoms with van der Waals surface area (Å²) in [5.41, 5.74) is 0. The summed E-state index contributed by atoms with van der Waals surface area (Å²) in [5, 5.41) is 8.58. The monoisotopic (exact) mass is 228 g/mol. The first-order valence-corrected chi connectivity index (χ1v) is 5.98. The fraction of sp³-hybridized carbons (Fsp3) is 0.455. The zero-order valence-corrected chi connectivity index (χ0v) is 9.63. The third-order valence-electron chi connectivity index (χ3n) is 1.79. The molecule has 0 aromatic heterocycles. The van der Waals surface area contributed by atoms with Crippen LogP contribution in [0.2, 0.25) is 0 Å². The van der Waals surface area contributed by atoms with Crippen LogP contribution in [0.25, 0.3) is 0 Å². The molecule has 0 saturated carbocycles. The maximum Gasteiger partial charge on any atom is 0.161 e. The minimum atomic E-state index is 0.222. The van der Waals surface area contributed by atoms with Crippen LogP contribution < -0.4 is 9.47 Å². The van der Waals surface area contributed by atoms with Gasteiger partial charge in [0, 0.05) is 11.5 Å². The zero-order valence-electron chi connectivity index (χ0n) is 8.81. The average Bonchev–Trinajstić information content (AvgIpc) is 2.29. The van der Waals surface area contributed by atoms with E-state index in [-0.39, 0.29) is 6.61 Å². The minimum Gasteiger partial charge on any atom is -0.493 e. The highest BCUT2D eigenvalue weighted by atomic mass is 32.2. The first kappa shape index (κ1) is 12.2. The second-order valence-electron chi connectivity index (χ2n) is 2.84. The number of thioether (sulfide) groups is 1. The fourth-order valence-corrected chi connectivity index (χ4v) is 1.65. The van der Waals surface area contributed by atoms with E-state index in [1.807, 2.05) is 24.3 Å². The minimum absolute atomic E-state index is 0.222. The number of hydrogen-bond donors (Lipinski definition) is 1. The molecular weight excluding hydrogens is 212 g/mol. The molecule has 84 valence electrons. The van der Waals surface area contributed by atoms with Crippen LogP contribution in [0.3, 0.4) is 0 Å². The lowest BCUT2D eigenvalue weighted by Gasteiger charge is -2.09. The van der Waals surface area contributed by atoms with Crippen LogP contribution in [0.4, 0.5) is 0 Å². The van der Waals surface area contributed by atoms with Gasteiger partial charge in [-0.15, -0.1) is 0 Å². The molecule has 15 heavy (non-hydrogen) atoms. The molecule has 0 aliphatic rings. The smallest absolute Gasteiger partial charge is 0.161 e. The Labute approximate surface area is 94.4 Å². The first-order valence-electron chi connectivity index (χ1n) is 4.83. The summed E-state index contributed by atoms with van der Waals surface area (Å²) < 4.78 is 10.7. The highest BCUT2D eigenvalue weighted by Gasteiger charge is 2.01. The van der Waals surface area contributed by atoms with Gasteiger partial charge in [0.2, 0.25) is 0 Å². The standard InChI is InChI=1S/C11H16O3S/c1-13-10-4-2-3-5-11(10)14-7-9-15-8-6-12/h2-5,12H,6-9H2,1H3. The van der Waals surface area contributed by atoms with Gasteiger partial charge in [0.25, 0.3) is 0 Å². The van der Waals surface area contributed by atoms with Crippen molar-refractivity contribution in [3.63, 3.8) is 0 Å². The zero-order chi connectivity index (χ0) is 10.9. The van der Waals surface area contributed by atoms with Gasteiger partial charge in [-0.2, -0.15) is 11.8 Å². The number of hydrogen-bond acceptors (Lipinski definition) is 4. The molecule has 1 aromatic rings. The predicted molar refractivity (Wildman–Crippen MR) is 62.9 cm³/mol. The van der Waals surface area contributed by atoms with Gasteiger partial charge >= 0.3 is 0 Å². The van der Waals surface area contributed by atoms with Crippen molar-refractivity contribution in [2.45, 2.75) is 0 Å². The molecule has 0 spiro atoms.